The number of anilines is 2. The van der Waals surface area contributed by atoms with Crippen LogP contribution in [0, 0.1) is 5.92 Å². The minimum Gasteiger partial charge on any atom is -0.399 e. The second-order valence-electron chi connectivity index (χ2n) is 6.39. The Morgan fingerprint density at radius 3 is 2.86 bits per heavy atom. The van der Waals surface area contributed by atoms with Crippen molar-refractivity contribution < 1.29 is 9.90 Å². The van der Waals surface area contributed by atoms with Gasteiger partial charge in [0.1, 0.15) is 0 Å². The van der Waals surface area contributed by atoms with Crippen molar-refractivity contribution in [2.24, 2.45) is 5.92 Å². The van der Waals surface area contributed by atoms with Gasteiger partial charge in [-0.25, -0.2) is 0 Å². The molecule has 5 N–H and O–H groups in total. The number of hydrogen-bond acceptors (Lipinski definition) is 4. The number of carbonyl (C=O) groups is 1. The molecule has 2 atom stereocenters. The van der Waals surface area contributed by atoms with Gasteiger partial charge in [0.15, 0.2) is 0 Å². The lowest BCUT2D eigenvalue weighted by molar-refractivity contribution is -0.0886. The Labute approximate surface area is 124 Å². The number of likely N-dealkylation sites (tertiary alicyclic amines) is 1. The van der Waals surface area contributed by atoms with Crippen LogP contribution in [-0.2, 0) is 0 Å². The van der Waals surface area contributed by atoms with Crippen LogP contribution in [0.5, 0.6) is 0 Å². The molecule has 5 heteroatoms. The Morgan fingerprint density at radius 1 is 1.29 bits per heavy atom. The van der Waals surface area contributed by atoms with Crippen LogP contribution in [-0.4, -0.2) is 34.6 Å². The summed E-state index contributed by atoms with van der Waals surface area (Å²) in [5.74, 6) is 0.138. The number of amides is 1. The molecule has 1 aromatic carbocycles. The number of rotatable bonds is 1. The van der Waals surface area contributed by atoms with E-state index in [1.54, 1.807) is 18.2 Å². The van der Waals surface area contributed by atoms with Crippen molar-refractivity contribution in [1.29, 1.82) is 0 Å². The Balaban J connectivity index is 1.77. The van der Waals surface area contributed by atoms with Gasteiger partial charge < -0.3 is 21.5 Å². The molecule has 21 heavy (non-hydrogen) atoms. The highest BCUT2D eigenvalue weighted by atomic mass is 16.3. The first-order valence-corrected chi connectivity index (χ1v) is 7.66. The van der Waals surface area contributed by atoms with E-state index in [0.717, 1.165) is 25.7 Å². The highest BCUT2D eigenvalue weighted by molar-refractivity contribution is 5.99. The van der Waals surface area contributed by atoms with Gasteiger partial charge in [-0.1, -0.05) is 12.8 Å². The Kier molecular flexibility index (Phi) is 3.53. The van der Waals surface area contributed by atoms with Crippen LogP contribution >= 0.6 is 0 Å². The molecule has 1 aromatic rings. The number of benzene rings is 1. The van der Waals surface area contributed by atoms with Gasteiger partial charge in [-0.3, -0.25) is 4.79 Å². The molecule has 2 unspecified atom stereocenters. The van der Waals surface area contributed by atoms with Crippen LogP contribution in [0.1, 0.15) is 42.5 Å². The van der Waals surface area contributed by atoms with E-state index in [1.165, 1.54) is 0 Å². The molecule has 0 spiro atoms. The third kappa shape index (κ3) is 2.58. The molecule has 2 fully saturated rings. The largest absolute Gasteiger partial charge is 0.399 e. The summed E-state index contributed by atoms with van der Waals surface area (Å²) < 4.78 is 0. The average molecular weight is 289 g/mol. The monoisotopic (exact) mass is 289 g/mol. The van der Waals surface area contributed by atoms with Gasteiger partial charge in [0.05, 0.1) is 11.2 Å². The maximum absolute atomic E-state index is 12.6. The van der Waals surface area contributed by atoms with Gasteiger partial charge >= 0.3 is 0 Å². The van der Waals surface area contributed by atoms with Gasteiger partial charge in [0.25, 0.3) is 5.91 Å². The predicted molar refractivity (Wildman–Crippen MR) is 82.7 cm³/mol. The van der Waals surface area contributed by atoms with Gasteiger partial charge in [-0.15, -0.1) is 0 Å². The number of nitrogens with zero attached hydrogens (tertiary/aromatic N) is 1. The number of hydrogen-bond donors (Lipinski definition) is 3. The number of nitrogens with two attached hydrogens (primary N) is 2. The molecule has 1 saturated heterocycles. The predicted octanol–water partition coefficient (Wildman–Crippen LogP) is 1.62. The molecule has 0 radical (unpaired) electrons. The number of nitrogen functional groups attached to an aromatic ring is 2. The number of carbonyl (C=O) groups excluding carboxylic acids is 1. The standard InChI is InChI=1S/C16H23N3O2/c17-12-4-5-13(14(18)9-12)15(20)19-8-7-16(21)6-2-1-3-11(16)10-19/h4-5,9,11,21H,1-3,6-8,10,17-18H2. The van der Waals surface area contributed by atoms with Crippen LogP contribution < -0.4 is 11.5 Å². The van der Waals surface area contributed by atoms with Crippen molar-refractivity contribution in [3.8, 4) is 0 Å². The van der Waals surface area contributed by atoms with E-state index in [4.69, 9.17) is 11.5 Å². The summed E-state index contributed by atoms with van der Waals surface area (Å²) in [4.78, 5) is 14.5. The Bertz CT molecular complexity index is 560. The second-order valence-corrected chi connectivity index (χ2v) is 6.39. The molecule has 114 valence electrons. The molecule has 0 bridgehead atoms. The van der Waals surface area contributed by atoms with Crippen molar-refractivity contribution >= 4 is 17.3 Å². The molecule has 3 rings (SSSR count). The minimum atomic E-state index is -0.568. The number of aliphatic hydroxyl groups is 1. The van der Waals surface area contributed by atoms with E-state index in [9.17, 15) is 9.90 Å². The maximum Gasteiger partial charge on any atom is 0.255 e. The zero-order valence-electron chi connectivity index (χ0n) is 12.2. The van der Waals surface area contributed by atoms with Gasteiger partial charge in [0, 0.05) is 30.4 Å². The zero-order valence-corrected chi connectivity index (χ0v) is 12.2. The summed E-state index contributed by atoms with van der Waals surface area (Å²) in [6.07, 6.45) is 4.75. The van der Waals surface area contributed by atoms with Crippen molar-refractivity contribution in [1.82, 2.24) is 4.90 Å². The van der Waals surface area contributed by atoms with Crippen LogP contribution in [0.4, 0.5) is 11.4 Å². The van der Waals surface area contributed by atoms with Crippen molar-refractivity contribution in [2.45, 2.75) is 37.7 Å². The third-order valence-electron chi connectivity index (χ3n) is 5.02. The highest BCUT2D eigenvalue weighted by Crippen LogP contribution is 2.40. The first-order chi connectivity index (χ1) is 9.99. The third-order valence-corrected chi connectivity index (χ3v) is 5.02. The Hall–Kier alpha value is -1.75. The molecule has 0 aromatic heterocycles. The van der Waals surface area contributed by atoms with E-state index in [0.29, 0.717) is 36.4 Å². The fraction of sp³-hybridized carbons (Fsp3) is 0.562. The van der Waals surface area contributed by atoms with E-state index in [-0.39, 0.29) is 11.8 Å². The summed E-state index contributed by atoms with van der Waals surface area (Å²) in [6, 6.07) is 5.01. The maximum atomic E-state index is 12.6. The molecule has 1 aliphatic heterocycles. The van der Waals surface area contributed by atoms with Crippen LogP contribution in [0.25, 0.3) is 0 Å². The smallest absolute Gasteiger partial charge is 0.255 e. The molecular weight excluding hydrogens is 266 g/mol. The van der Waals surface area contributed by atoms with Gasteiger partial charge in [-0.05, 0) is 37.5 Å². The lowest BCUT2D eigenvalue weighted by atomic mass is 9.71. The average Bonchev–Trinajstić information content (AvgIpc) is 2.45. The Morgan fingerprint density at radius 2 is 2.10 bits per heavy atom. The zero-order chi connectivity index (χ0) is 15.0. The second kappa shape index (κ2) is 5.22. The fourth-order valence-electron chi connectivity index (χ4n) is 3.70. The van der Waals surface area contributed by atoms with Crippen LogP contribution in [0.3, 0.4) is 0 Å². The van der Waals surface area contributed by atoms with Crippen molar-refractivity contribution in [3.05, 3.63) is 23.8 Å². The molecule has 1 aliphatic carbocycles. The molecule has 2 aliphatic rings. The van der Waals surface area contributed by atoms with E-state index >= 15 is 0 Å². The van der Waals surface area contributed by atoms with Crippen molar-refractivity contribution in [2.75, 3.05) is 24.6 Å². The molecule has 5 nitrogen and oxygen atoms in total. The summed E-state index contributed by atoms with van der Waals surface area (Å²) >= 11 is 0. The topological polar surface area (TPSA) is 92.6 Å². The first kappa shape index (κ1) is 14.2. The van der Waals surface area contributed by atoms with Crippen LogP contribution in [0.15, 0.2) is 18.2 Å². The molecule has 1 amide bonds. The summed E-state index contributed by atoms with van der Waals surface area (Å²) in [6.45, 7) is 1.22. The normalized spacial score (nSPS) is 29.0. The summed E-state index contributed by atoms with van der Waals surface area (Å²) in [5.41, 5.74) is 12.5. The molecule has 1 saturated carbocycles. The molecule has 1 heterocycles. The van der Waals surface area contributed by atoms with E-state index in [2.05, 4.69) is 0 Å². The van der Waals surface area contributed by atoms with E-state index in [1.807, 2.05) is 4.90 Å². The van der Waals surface area contributed by atoms with Gasteiger partial charge in [0.2, 0.25) is 0 Å². The lowest BCUT2D eigenvalue weighted by Crippen LogP contribution is -2.54. The number of fused-ring (bicyclic) bond motifs is 1. The minimum absolute atomic E-state index is 0.0554. The highest BCUT2D eigenvalue weighted by Gasteiger charge is 2.43. The summed E-state index contributed by atoms with van der Waals surface area (Å²) in [5, 5.41) is 10.7. The van der Waals surface area contributed by atoms with Gasteiger partial charge in [-0.2, -0.15) is 0 Å². The summed E-state index contributed by atoms with van der Waals surface area (Å²) in [7, 11) is 0. The molecular formula is C16H23N3O2. The quantitative estimate of drug-likeness (QED) is 0.685. The number of piperidine rings is 1. The SMILES string of the molecule is Nc1ccc(C(=O)N2CCC3(O)CCCCC3C2)c(N)c1. The fourth-order valence-corrected chi connectivity index (χ4v) is 3.70. The van der Waals surface area contributed by atoms with Crippen molar-refractivity contribution in [3.63, 3.8) is 0 Å². The van der Waals surface area contributed by atoms with Crippen LogP contribution in [0.2, 0.25) is 0 Å². The van der Waals surface area contributed by atoms with E-state index < -0.39 is 5.60 Å². The first-order valence-electron chi connectivity index (χ1n) is 7.66. The lowest BCUT2D eigenvalue weighted by Gasteiger charge is -2.47.